The van der Waals surface area contributed by atoms with Gasteiger partial charge in [-0.2, -0.15) is 13.2 Å². The first-order chi connectivity index (χ1) is 8.45. The summed E-state index contributed by atoms with van der Waals surface area (Å²) in [4.78, 5) is 12.3. The summed E-state index contributed by atoms with van der Waals surface area (Å²) in [7, 11) is 0. The van der Waals surface area contributed by atoms with Crippen LogP contribution in [0.15, 0.2) is 24.3 Å². The lowest BCUT2D eigenvalue weighted by molar-refractivity contribution is -0.137. The van der Waals surface area contributed by atoms with Crippen LogP contribution in [0.4, 0.5) is 23.7 Å². The number of aliphatic hydroxyl groups is 1. The fourth-order valence-corrected chi connectivity index (χ4v) is 1.81. The Morgan fingerprint density at radius 1 is 1.39 bits per heavy atom. The van der Waals surface area contributed by atoms with Crippen LogP contribution in [0.2, 0.25) is 0 Å². The minimum absolute atomic E-state index is 0.123. The molecule has 0 radical (unpaired) electrons. The van der Waals surface area contributed by atoms with Crippen LogP contribution in [0.25, 0.3) is 0 Å². The van der Waals surface area contributed by atoms with Crippen molar-refractivity contribution in [3.8, 4) is 0 Å². The van der Waals surface area contributed by atoms with Crippen molar-refractivity contribution in [3.63, 3.8) is 0 Å². The molecule has 1 aliphatic rings. The molecular formula is C11H10F3NO3. The molecular weight excluding hydrogens is 251 g/mol. The van der Waals surface area contributed by atoms with E-state index in [0.29, 0.717) is 0 Å². The lowest BCUT2D eigenvalue weighted by atomic mass is 10.1. The molecule has 0 spiro atoms. The van der Waals surface area contributed by atoms with E-state index in [1.165, 1.54) is 18.2 Å². The Balaban J connectivity index is 2.47. The van der Waals surface area contributed by atoms with Crippen molar-refractivity contribution in [2.24, 2.45) is 0 Å². The fourth-order valence-electron chi connectivity index (χ4n) is 1.81. The van der Waals surface area contributed by atoms with Gasteiger partial charge in [-0.25, -0.2) is 4.79 Å². The molecule has 1 heterocycles. The molecule has 1 fully saturated rings. The quantitative estimate of drug-likeness (QED) is 0.886. The molecule has 0 aromatic heterocycles. The molecule has 18 heavy (non-hydrogen) atoms. The lowest BCUT2D eigenvalue weighted by Gasteiger charge is -2.23. The molecule has 7 heteroatoms. The normalized spacial score (nSPS) is 20.1. The van der Waals surface area contributed by atoms with Crippen molar-refractivity contribution in [2.75, 3.05) is 18.1 Å². The maximum Gasteiger partial charge on any atom is 0.418 e. The number of benzene rings is 1. The number of nitrogens with zero attached hydrogens (tertiary/aromatic N) is 1. The number of ether oxygens (including phenoxy) is 1. The molecule has 1 atom stereocenters. The number of anilines is 1. The largest absolute Gasteiger partial charge is 0.447 e. The first-order valence-electron chi connectivity index (χ1n) is 5.18. The van der Waals surface area contributed by atoms with Crippen molar-refractivity contribution >= 4 is 11.8 Å². The first-order valence-corrected chi connectivity index (χ1v) is 5.18. The van der Waals surface area contributed by atoms with Crippen LogP contribution >= 0.6 is 0 Å². The van der Waals surface area contributed by atoms with Gasteiger partial charge in [0, 0.05) is 0 Å². The first kappa shape index (κ1) is 12.7. The highest BCUT2D eigenvalue weighted by Crippen LogP contribution is 2.38. The number of alkyl halides is 3. The molecule has 0 aliphatic carbocycles. The summed E-state index contributed by atoms with van der Waals surface area (Å²) in [5, 5.41) is 9.05. The molecule has 1 amide bonds. The molecule has 1 unspecified atom stereocenters. The molecule has 4 nitrogen and oxygen atoms in total. The molecule has 0 saturated carbocycles. The number of carbonyl (C=O) groups excluding carboxylic acids is 1. The summed E-state index contributed by atoms with van der Waals surface area (Å²) in [6, 6.07) is 3.90. The van der Waals surface area contributed by atoms with Crippen LogP contribution < -0.4 is 4.90 Å². The van der Waals surface area contributed by atoms with Gasteiger partial charge in [-0.05, 0) is 12.1 Å². The van der Waals surface area contributed by atoms with Gasteiger partial charge in [-0.3, -0.25) is 4.90 Å². The van der Waals surface area contributed by atoms with E-state index in [1.54, 1.807) is 0 Å². The van der Waals surface area contributed by atoms with E-state index in [4.69, 9.17) is 5.11 Å². The van der Waals surface area contributed by atoms with Crippen molar-refractivity contribution < 1.29 is 27.8 Å². The third-order valence-electron chi connectivity index (χ3n) is 2.64. The molecule has 1 aliphatic heterocycles. The van der Waals surface area contributed by atoms with Gasteiger partial charge in [0.25, 0.3) is 0 Å². The van der Waals surface area contributed by atoms with Gasteiger partial charge in [0.2, 0.25) is 0 Å². The molecule has 1 aromatic rings. The summed E-state index contributed by atoms with van der Waals surface area (Å²) in [6.45, 7) is -0.584. The van der Waals surface area contributed by atoms with Crippen molar-refractivity contribution in [3.05, 3.63) is 29.8 Å². The zero-order valence-corrected chi connectivity index (χ0v) is 9.15. The second-order valence-electron chi connectivity index (χ2n) is 3.80. The maximum absolute atomic E-state index is 12.8. The van der Waals surface area contributed by atoms with Crippen LogP contribution in [0, 0.1) is 0 Å². The Labute approximate surface area is 101 Å². The van der Waals surface area contributed by atoms with Gasteiger partial charge in [0.1, 0.15) is 6.61 Å². The molecule has 0 bridgehead atoms. The Kier molecular flexibility index (Phi) is 3.16. The van der Waals surface area contributed by atoms with Gasteiger partial charge >= 0.3 is 12.3 Å². The Bertz CT molecular complexity index is 461. The van der Waals surface area contributed by atoms with Crippen LogP contribution in [-0.4, -0.2) is 30.5 Å². The second kappa shape index (κ2) is 4.49. The number of para-hydroxylation sites is 1. The van der Waals surface area contributed by atoms with Crippen molar-refractivity contribution in [1.29, 1.82) is 0 Å². The number of rotatable bonds is 2. The topological polar surface area (TPSA) is 49.8 Å². The third kappa shape index (κ3) is 2.13. The average Bonchev–Trinajstić information content (AvgIpc) is 2.69. The Morgan fingerprint density at radius 2 is 2.06 bits per heavy atom. The second-order valence-corrected chi connectivity index (χ2v) is 3.80. The zero-order valence-electron chi connectivity index (χ0n) is 9.15. The Hall–Kier alpha value is -1.76. The van der Waals surface area contributed by atoms with E-state index in [1.807, 2.05) is 0 Å². The molecule has 2 rings (SSSR count). The fraction of sp³-hybridized carbons (Fsp3) is 0.364. The van der Waals surface area contributed by atoms with Crippen LogP contribution in [0.1, 0.15) is 5.56 Å². The van der Waals surface area contributed by atoms with Crippen molar-refractivity contribution in [2.45, 2.75) is 12.2 Å². The summed E-state index contributed by atoms with van der Waals surface area (Å²) in [5.41, 5.74) is -1.23. The van der Waals surface area contributed by atoms with Gasteiger partial charge in [0.05, 0.1) is 23.9 Å². The van der Waals surface area contributed by atoms with Gasteiger partial charge in [0.15, 0.2) is 0 Å². The van der Waals surface area contributed by atoms with E-state index < -0.39 is 30.5 Å². The minimum Gasteiger partial charge on any atom is -0.447 e. The van der Waals surface area contributed by atoms with Crippen LogP contribution in [0.3, 0.4) is 0 Å². The number of hydrogen-bond donors (Lipinski definition) is 1. The number of cyclic esters (lactones) is 1. The number of hydrogen-bond acceptors (Lipinski definition) is 3. The minimum atomic E-state index is -4.57. The number of amides is 1. The Morgan fingerprint density at radius 3 is 2.67 bits per heavy atom. The zero-order chi connectivity index (χ0) is 13.3. The maximum atomic E-state index is 12.8. The van der Waals surface area contributed by atoms with E-state index in [2.05, 4.69) is 4.74 Å². The SMILES string of the molecule is O=C1OCC(CO)N1c1ccccc1C(F)(F)F. The molecule has 98 valence electrons. The standard InChI is InChI=1S/C11H10F3NO3/c12-11(13,14)8-3-1-2-4-9(8)15-7(5-16)6-18-10(15)17/h1-4,7,16H,5-6H2. The molecule has 1 saturated heterocycles. The van der Waals surface area contributed by atoms with E-state index in [0.717, 1.165) is 11.0 Å². The van der Waals surface area contributed by atoms with E-state index in [-0.39, 0.29) is 12.3 Å². The van der Waals surface area contributed by atoms with Gasteiger partial charge in [-0.1, -0.05) is 12.1 Å². The monoisotopic (exact) mass is 261 g/mol. The highest BCUT2D eigenvalue weighted by molar-refractivity contribution is 5.91. The highest BCUT2D eigenvalue weighted by Gasteiger charge is 2.40. The van der Waals surface area contributed by atoms with Gasteiger partial charge < -0.3 is 9.84 Å². The molecule has 1 N–H and O–H groups in total. The summed E-state index contributed by atoms with van der Waals surface area (Å²) >= 11 is 0. The van der Waals surface area contributed by atoms with Crippen LogP contribution in [-0.2, 0) is 10.9 Å². The summed E-state index contributed by atoms with van der Waals surface area (Å²) in [5.74, 6) is 0. The van der Waals surface area contributed by atoms with Crippen LogP contribution in [0.5, 0.6) is 0 Å². The van der Waals surface area contributed by atoms with E-state index >= 15 is 0 Å². The lowest BCUT2D eigenvalue weighted by Crippen LogP contribution is -2.37. The number of aliphatic hydroxyl groups excluding tert-OH is 1. The molecule has 1 aromatic carbocycles. The summed E-state index contributed by atoms with van der Waals surface area (Å²) in [6.07, 6.45) is -5.45. The number of halogens is 3. The number of carbonyl (C=O) groups is 1. The average molecular weight is 261 g/mol. The smallest absolute Gasteiger partial charge is 0.418 e. The van der Waals surface area contributed by atoms with Crippen molar-refractivity contribution in [1.82, 2.24) is 0 Å². The van der Waals surface area contributed by atoms with Gasteiger partial charge in [-0.15, -0.1) is 0 Å². The highest BCUT2D eigenvalue weighted by atomic mass is 19.4. The summed E-state index contributed by atoms with van der Waals surface area (Å²) < 4.78 is 43.1. The third-order valence-corrected chi connectivity index (χ3v) is 2.64. The predicted octanol–water partition coefficient (Wildman–Crippen LogP) is 2.02. The predicted molar refractivity (Wildman–Crippen MR) is 56.1 cm³/mol. The van der Waals surface area contributed by atoms with E-state index in [9.17, 15) is 18.0 Å².